The van der Waals surface area contributed by atoms with Crippen LogP contribution in [0.2, 0.25) is 0 Å². The number of benzene rings is 1. The first-order valence-electron chi connectivity index (χ1n) is 12.7. The van der Waals surface area contributed by atoms with Gasteiger partial charge in [0.05, 0.1) is 30.3 Å². The van der Waals surface area contributed by atoms with Gasteiger partial charge in [0.1, 0.15) is 5.75 Å². The van der Waals surface area contributed by atoms with Crippen molar-refractivity contribution in [2.75, 3.05) is 43.9 Å². The molecule has 0 amide bonds. The van der Waals surface area contributed by atoms with Crippen molar-refractivity contribution >= 4 is 15.8 Å². The van der Waals surface area contributed by atoms with E-state index in [2.05, 4.69) is 4.90 Å². The van der Waals surface area contributed by atoms with Gasteiger partial charge in [-0.05, 0) is 26.8 Å². The molecule has 1 aromatic heterocycles. The molecule has 1 aliphatic carbocycles. The molecule has 2 atom stereocenters. The Kier molecular flexibility index (Phi) is 8.31. The number of aliphatic hydroxyl groups is 2. The van der Waals surface area contributed by atoms with Gasteiger partial charge < -0.3 is 34.2 Å². The van der Waals surface area contributed by atoms with Crippen LogP contribution in [0.5, 0.6) is 23.3 Å². The van der Waals surface area contributed by atoms with Gasteiger partial charge in [0.15, 0.2) is 23.3 Å². The number of ether oxygens (including phenoxy) is 1. The molecule has 212 valence electrons. The maximum Gasteiger partial charge on any atom is 0.306 e. The first-order chi connectivity index (χ1) is 17.8. The second kappa shape index (κ2) is 11.2. The molecule has 1 fully saturated rings. The van der Waals surface area contributed by atoms with Crippen LogP contribution in [0.15, 0.2) is 12.1 Å². The predicted octanol–water partition coefficient (Wildman–Crippen LogP) is 1.20. The molecular weight excluding hydrogens is 521 g/mol. The molecule has 2 unspecified atom stereocenters. The smallest absolute Gasteiger partial charge is 0.306 e. The standard InChI is InChI=1S/C25H36FN3O8S/c1-15(2)36-23-14-22(37-38(3,34)35)18(26)13-19(23)28-9-7-27(8-10-28)5-4-6-29-24(32)16-11-20(30)21(31)12-17(16)25(29)33/h13-15,20-21,30-33H,4-12H2,1-3H3. The van der Waals surface area contributed by atoms with Crippen molar-refractivity contribution in [3.05, 3.63) is 29.1 Å². The second-order valence-electron chi connectivity index (χ2n) is 10.2. The van der Waals surface area contributed by atoms with Crippen LogP contribution in [-0.4, -0.2) is 95.6 Å². The number of aliphatic hydroxyl groups excluding tert-OH is 2. The molecule has 38 heavy (non-hydrogen) atoms. The number of halogens is 1. The summed E-state index contributed by atoms with van der Waals surface area (Å²) in [5.74, 6) is -1.01. The maximum absolute atomic E-state index is 14.7. The van der Waals surface area contributed by atoms with E-state index in [0.29, 0.717) is 68.3 Å². The van der Waals surface area contributed by atoms with Crippen LogP contribution < -0.4 is 13.8 Å². The quantitative estimate of drug-likeness (QED) is 0.332. The topological polar surface area (TPSA) is 145 Å². The third-order valence-corrected chi connectivity index (χ3v) is 7.35. The third kappa shape index (κ3) is 6.28. The highest BCUT2D eigenvalue weighted by Crippen LogP contribution is 2.39. The van der Waals surface area contributed by atoms with Crippen molar-refractivity contribution in [1.82, 2.24) is 9.47 Å². The van der Waals surface area contributed by atoms with E-state index in [0.717, 1.165) is 6.26 Å². The second-order valence-corrected chi connectivity index (χ2v) is 11.8. The molecule has 13 heteroatoms. The predicted molar refractivity (Wildman–Crippen MR) is 138 cm³/mol. The van der Waals surface area contributed by atoms with Crippen molar-refractivity contribution in [2.24, 2.45) is 0 Å². The van der Waals surface area contributed by atoms with Crippen LogP contribution in [0.4, 0.5) is 10.1 Å². The Balaban J connectivity index is 1.37. The number of fused-ring (bicyclic) bond motifs is 1. The zero-order chi connectivity index (χ0) is 27.8. The Morgan fingerprint density at radius 2 is 1.55 bits per heavy atom. The fourth-order valence-electron chi connectivity index (χ4n) is 5.04. The average molecular weight is 558 g/mol. The lowest BCUT2D eigenvalue weighted by atomic mass is 9.90. The number of aromatic nitrogens is 1. The van der Waals surface area contributed by atoms with Crippen LogP contribution >= 0.6 is 0 Å². The molecule has 1 aliphatic heterocycles. The maximum atomic E-state index is 14.7. The summed E-state index contributed by atoms with van der Waals surface area (Å²) < 4.78 is 49.7. The number of rotatable bonds is 9. The molecule has 4 rings (SSSR count). The Hall–Kier alpha value is -2.74. The Bertz CT molecular complexity index is 1220. The Morgan fingerprint density at radius 1 is 0.974 bits per heavy atom. The molecule has 1 saturated heterocycles. The molecular formula is C25H36FN3O8S. The molecule has 0 spiro atoms. The lowest BCUT2D eigenvalue weighted by Gasteiger charge is -2.37. The molecule has 2 aromatic rings. The summed E-state index contributed by atoms with van der Waals surface area (Å²) in [5, 5.41) is 40.9. The average Bonchev–Trinajstić information content (AvgIpc) is 3.05. The summed E-state index contributed by atoms with van der Waals surface area (Å²) in [6.07, 6.45) is -0.472. The summed E-state index contributed by atoms with van der Waals surface area (Å²) in [7, 11) is -3.90. The molecule has 0 radical (unpaired) electrons. The normalized spacial score (nSPS) is 20.6. The van der Waals surface area contributed by atoms with Crippen molar-refractivity contribution in [3.8, 4) is 23.3 Å². The van der Waals surface area contributed by atoms with Crippen molar-refractivity contribution in [2.45, 2.75) is 58.0 Å². The van der Waals surface area contributed by atoms with E-state index in [1.807, 2.05) is 18.7 Å². The molecule has 1 aromatic carbocycles. The van der Waals surface area contributed by atoms with Crippen LogP contribution in [0.1, 0.15) is 31.4 Å². The zero-order valence-corrected chi connectivity index (χ0v) is 22.6. The van der Waals surface area contributed by atoms with Crippen LogP contribution in [0.25, 0.3) is 0 Å². The minimum Gasteiger partial charge on any atom is -0.494 e. The minimum atomic E-state index is -3.90. The molecule has 2 heterocycles. The molecule has 0 bridgehead atoms. The zero-order valence-electron chi connectivity index (χ0n) is 21.8. The number of aromatic hydroxyl groups is 2. The highest BCUT2D eigenvalue weighted by Gasteiger charge is 2.33. The van der Waals surface area contributed by atoms with Crippen LogP contribution in [0.3, 0.4) is 0 Å². The number of nitrogens with zero attached hydrogens (tertiary/aromatic N) is 3. The Labute approximate surface area is 221 Å². The van der Waals surface area contributed by atoms with Crippen LogP contribution in [-0.2, 0) is 29.5 Å². The van der Waals surface area contributed by atoms with Gasteiger partial charge in [-0.25, -0.2) is 4.39 Å². The summed E-state index contributed by atoms with van der Waals surface area (Å²) >= 11 is 0. The highest BCUT2D eigenvalue weighted by atomic mass is 32.2. The minimum absolute atomic E-state index is 0.0729. The van der Waals surface area contributed by atoms with Gasteiger partial charge in [-0.3, -0.25) is 9.47 Å². The van der Waals surface area contributed by atoms with Gasteiger partial charge in [-0.2, -0.15) is 8.42 Å². The SMILES string of the molecule is CC(C)Oc1cc(OS(C)(=O)=O)c(F)cc1N1CCN(CCCn2c(O)c3c(c2O)CC(O)C(O)C3)CC1. The van der Waals surface area contributed by atoms with E-state index < -0.39 is 33.9 Å². The van der Waals surface area contributed by atoms with E-state index >= 15 is 0 Å². The van der Waals surface area contributed by atoms with E-state index in [1.54, 1.807) is 0 Å². The number of hydrogen-bond acceptors (Lipinski definition) is 10. The largest absolute Gasteiger partial charge is 0.494 e. The fourth-order valence-corrected chi connectivity index (χ4v) is 5.49. The van der Waals surface area contributed by atoms with Crippen LogP contribution in [0, 0.1) is 5.82 Å². The summed E-state index contributed by atoms with van der Waals surface area (Å²) in [5.41, 5.74) is 1.48. The molecule has 11 nitrogen and oxygen atoms in total. The Morgan fingerprint density at radius 3 is 2.08 bits per heavy atom. The first-order valence-corrected chi connectivity index (χ1v) is 14.5. The number of anilines is 1. The molecule has 4 N–H and O–H groups in total. The van der Waals surface area contributed by atoms with Crippen molar-refractivity contribution in [1.29, 1.82) is 0 Å². The van der Waals surface area contributed by atoms with Gasteiger partial charge in [0, 0.05) is 68.8 Å². The third-order valence-electron chi connectivity index (χ3n) is 6.87. The summed E-state index contributed by atoms with van der Waals surface area (Å²) in [6.45, 7) is 7.26. The van der Waals surface area contributed by atoms with E-state index in [1.165, 1.54) is 16.7 Å². The highest BCUT2D eigenvalue weighted by molar-refractivity contribution is 7.86. The van der Waals surface area contributed by atoms with Gasteiger partial charge >= 0.3 is 10.1 Å². The lowest BCUT2D eigenvalue weighted by molar-refractivity contribution is 0.0136. The van der Waals surface area contributed by atoms with E-state index in [-0.39, 0.29) is 30.7 Å². The van der Waals surface area contributed by atoms with E-state index in [9.17, 15) is 33.2 Å². The fraction of sp³-hybridized carbons (Fsp3) is 0.600. The van der Waals surface area contributed by atoms with Gasteiger partial charge in [0.2, 0.25) is 0 Å². The molecule has 2 aliphatic rings. The summed E-state index contributed by atoms with van der Waals surface area (Å²) in [6, 6.07) is 2.51. The van der Waals surface area contributed by atoms with Crippen molar-refractivity contribution in [3.63, 3.8) is 0 Å². The number of hydrogen-bond donors (Lipinski definition) is 4. The first kappa shape index (κ1) is 28.3. The van der Waals surface area contributed by atoms with E-state index in [4.69, 9.17) is 8.92 Å². The molecule has 0 saturated carbocycles. The monoisotopic (exact) mass is 557 g/mol. The van der Waals surface area contributed by atoms with Crippen molar-refractivity contribution < 1.29 is 42.2 Å². The van der Waals surface area contributed by atoms with Gasteiger partial charge in [0.25, 0.3) is 0 Å². The number of piperazine rings is 1. The lowest BCUT2D eigenvalue weighted by Crippen LogP contribution is -2.47. The van der Waals surface area contributed by atoms with Gasteiger partial charge in [-0.15, -0.1) is 0 Å². The summed E-state index contributed by atoms with van der Waals surface area (Å²) in [4.78, 5) is 4.21. The van der Waals surface area contributed by atoms with Gasteiger partial charge in [-0.1, -0.05) is 0 Å².